The van der Waals surface area contributed by atoms with Crippen molar-refractivity contribution < 1.29 is 4.39 Å². The average molecular weight is 564 g/mol. The number of pyridine rings is 2. The van der Waals surface area contributed by atoms with E-state index in [1.165, 1.54) is 0 Å². The fraction of sp³-hybridized carbons (Fsp3) is 0.265. The Labute approximate surface area is 246 Å². The first kappa shape index (κ1) is 29.0. The van der Waals surface area contributed by atoms with Crippen molar-refractivity contribution in [3.8, 4) is 22.5 Å². The summed E-state index contributed by atoms with van der Waals surface area (Å²) < 4.78 is 14.7. The van der Waals surface area contributed by atoms with E-state index in [9.17, 15) is 4.39 Å². The van der Waals surface area contributed by atoms with Gasteiger partial charge in [-0.2, -0.15) is 5.10 Å². The number of benzene rings is 1. The Morgan fingerprint density at radius 2 is 1.93 bits per heavy atom. The maximum atomic E-state index is 14.7. The molecule has 0 radical (unpaired) electrons. The largest absolute Gasteiger partial charge is 0.383 e. The van der Waals surface area contributed by atoms with Crippen molar-refractivity contribution in [2.45, 2.75) is 39.7 Å². The minimum atomic E-state index is -0.240. The van der Waals surface area contributed by atoms with E-state index >= 15 is 0 Å². The maximum Gasteiger partial charge on any atom is 0.181 e. The van der Waals surface area contributed by atoms with Gasteiger partial charge in [0, 0.05) is 46.0 Å². The second-order valence-electron chi connectivity index (χ2n) is 11.1. The van der Waals surface area contributed by atoms with Gasteiger partial charge in [-0.3, -0.25) is 10.1 Å². The van der Waals surface area contributed by atoms with Crippen LogP contribution in [0.3, 0.4) is 0 Å². The van der Waals surface area contributed by atoms with Crippen molar-refractivity contribution in [2.24, 2.45) is 0 Å². The van der Waals surface area contributed by atoms with E-state index in [1.54, 1.807) is 24.5 Å². The van der Waals surface area contributed by atoms with E-state index in [0.29, 0.717) is 5.65 Å². The number of fused-ring (bicyclic) bond motifs is 2. The topological polar surface area (TPSA) is 85.5 Å². The number of nitrogens with one attached hydrogen (secondary N) is 3. The van der Waals surface area contributed by atoms with Gasteiger partial charge in [-0.25, -0.2) is 9.37 Å². The number of aromatic amines is 2. The monoisotopic (exact) mass is 563 g/mol. The molecule has 0 saturated carbocycles. The van der Waals surface area contributed by atoms with Gasteiger partial charge in [-0.15, -0.1) is 0 Å². The highest BCUT2D eigenvalue weighted by atomic mass is 19.1. The molecule has 0 bridgehead atoms. The molecule has 0 aliphatic heterocycles. The Bertz CT molecular complexity index is 1790. The quantitative estimate of drug-likeness (QED) is 0.147. The zero-order valence-corrected chi connectivity index (χ0v) is 24.9. The molecule has 3 N–H and O–H groups in total. The summed E-state index contributed by atoms with van der Waals surface area (Å²) in [4.78, 5) is 14.7. The molecular weight excluding hydrogens is 525 g/mol. The summed E-state index contributed by atoms with van der Waals surface area (Å²) in [5.41, 5.74) is 8.78. The summed E-state index contributed by atoms with van der Waals surface area (Å²) in [6, 6.07) is 9.74. The Balaban J connectivity index is 1.53. The van der Waals surface area contributed by atoms with Crippen LogP contribution in [0.5, 0.6) is 0 Å². The van der Waals surface area contributed by atoms with Crippen molar-refractivity contribution in [3.63, 3.8) is 0 Å². The molecule has 7 nitrogen and oxygen atoms in total. The number of allylic oxidation sites excluding steroid dienone is 4. The highest BCUT2D eigenvalue weighted by Gasteiger charge is 2.16. The lowest BCUT2D eigenvalue weighted by molar-refractivity contribution is 0.400. The van der Waals surface area contributed by atoms with Crippen molar-refractivity contribution in [1.29, 1.82) is 0 Å². The van der Waals surface area contributed by atoms with Crippen LogP contribution < -0.4 is 5.32 Å². The Morgan fingerprint density at radius 1 is 1.10 bits per heavy atom. The van der Waals surface area contributed by atoms with Crippen LogP contribution in [0.25, 0.3) is 50.0 Å². The first-order valence-corrected chi connectivity index (χ1v) is 14.3. The van der Waals surface area contributed by atoms with Crippen molar-refractivity contribution in [2.75, 3.05) is 20.6 Å². The van der Waals surface area contributed by atoms with E-state index in [2.05, 4.69) is 86.1 Å². The summed E-state index contributed by atoms with van der Waals surface area (Å²) >= 11 is 0. The molecule has 0 amide bonds. The molecule has 0 aliphatic rings. The van der Waals surface area contributed by atoms with Gasteiger partial charge in [0.15, 0.2) is 5.65 Å². The SMILES string of the molecule is C=C/C(=C\C(=C/C)c1cnc2n[nH]c(-c3cc4c(-c5cc(F)cc(CCCN(C)C)c5)cncc4[nH]3)c2c1)NC(C)C. The number of rotatable bonds is 11. The number of aryl methyl sites for hydroxylation is 1. The molecule has 0 fully saturated rings. The molecule has 0 saturated heterocycles. The number of aromatic nitrogens is 5. The molecule has 8 heteroatoms. The fourth-order valence-electron chi connectivity index (χ4n) is 5.22. The van der Waals surface area contributed by atoms with Crippen LogP contribution in [0, 0.1) is 5.82 Å². The second kappa shape index (κ2) is 12.5. The van der Waals surface area contributed by atoms with Gasteiger partial charge < -0.3 is 15.2 Å². The van der Waals surface area contributed by atoms with Crippen LogP contribution >= 0.6 is 0 Å². The number of hydrogen-bond acceptors (Lipinski definition) is 5. The van der Waals surface area contributed by atoms with Gasteiger partial charge in [0.25, 0.3) is 0 Å². The van der Waals surface area contributed by atoms with Gasteiger partial charge in [-0.1, -0.05) is 18.7 Å². The van der Waals surface area contributed by atoms with Gasteiger partial charge in [0.2, 0.25) is 0 Å². The van der Waals surface area contributed by atoms with Crippen LogP contribution in [0.15, 0.2) is 79.4 Å². The molecule has 5 rings (SSSR count). The highest BCUT2D eigenvalue weighted by Crippen LogP contribution is 2.34. The molecule has 0 unspecified atom stereocenters. The lowest BCUT2D eigenvalue weighted by Crippen LogP contribution is -2.20. The lowest BCUT2D eigenvalue weighted by Gasteiger charge is -2.12. The number of halogens is 1. The van der Waals surface area contributed by atoms with E-state index in [4.69, 9.17) is 0 Å². The predicted molar refractivity (Wildman–Crippen MR) is 171 cm³/mol. The summed E-state index contributed by atoms with van der Waals surface area (Å²) in [5, 5.41) is 12.9. The molecule has 42 heavy (non-hydrogen) atoms. The Hall–Kier alpha value is -4.56. The third-order valence-corrected chi connectivity index (χ3v) is 7.19. The predicted octanol–water partition coefficient (Wildman–Crippen LogP) is 7.27. The van der Waals surface area contributed by atoms with Gasteiger partial charge >= 0.3 is 0 Å². The average Bonchev–Trinajstić information content (AvgIpc) is 3.58. The van der Waals surface area contributed by atoms with Gasteiger partial charge in [0.05, 0.1) is 23.1 Å². The van der Waals surface area contributed by atoms with Crippen molar-refractivity contribution in [3.05, 3.63) is 96.4 Å². The standard InChI is InChI=1S/C34H38FN7/c1-7-23(15-27(8-2)38-21(3)4)25-16-29-33(40-41-34(29)37-18-25)31-17-28-30(19-36-20-32(28)39-31)24-12-22(13-26(35)14-24)10-9-11-42(5)6/h7-8,12-21,38-39H,2,9-11H2,1,3-6H3,(H,37,40,41)/b23-7+,27-15+. The summed E-state index contributed by atoms with van der Waals surface area (Å²) in [7, 11) is 4.10. The third kappa shape index (κ3) is 6.34. The van der Waals surface area contributed by atoms with Crippen LogP contribution in [0.4, 0.5) is 4.39 Å². The van der Waals surface area contributed by atoms with E-state index in [1.807, 2.05) is 33.3 Å². The molecule has 0 spiro atoms. The van der Waals surface area contributed by atoms with Gasteiger partial charge in [0.1, 0.15) is 5.82 Å². The minimum Gasteiger partial charge on any atom is -0.383 e. The normalized spacial score (nSPS) is 12.7. The lowest BCUT2D eigenvalue weighted by atomic mass is 9.99. The van der Waals surface area contributed by atoms with Crippen molar-refractivity contribution in [1.82, 2.24) is 35.4 Å². The number of nitrogens with zero attached hydrogens (tertiary/aromatic N) is 4. The van der Waals surface area contributed by atoms with Crippen LogP contribution in [0.1, 0.15) is 38.3 Å². The number of H-pyrrole nitrogens is 2. The molecule has 1 aromatic carbocycles. The highest BCUT2D eigenvalue weighted by molar-refractivity contribution is 6.00. The summed E-state index contributed by atoms with van der Waals surface area (Å²) in [6.45, 7) is 11.1. The third-order valence-electron chi connectivity index (χ3n) is 7.19. The van der Waals surface area contributed by atoms with E-state index < -0.39 is 0 Å². The molecule has 0 aliphatic carbocycles. The van der Waals surface area contributed by atoms with Crippen LogP contribution in [-0.2, 0) is 6.42 Å². The van der Waals surface area contributed by atoms with E-state index in [-0.39, 0.29) is 11.9 Å². The molecule has 0 atom stereocenters. The fourth-order valence-corrected chi connectivity index (χ4v) is 5.22. The molecular formula is C34H38FN7. The molecule has 5 aromatic rings. The zero-order chi connectivity index (χ0) is 29.8. The summed E-state index contributed by atoms with van der Waals surface area (Å²) in [5.74, 6) is -0.240. The Kier molecular flexibility index (Phi) is 8.64. The first-order valence-electron chi connectivity index (χ1n) is 14.3. The summed E-state index contributed by atoms with van der Waals surface area (Å²) in [6.07, 6.45) is 13.2. The van der Waals surface area contributed by atoms with Crippen LogP contribution in [0.2, 0.25) is 0 Å². The van der Waals surface area contributed by atoms with Crippen LogP contribution in [-0.4, -0.2) is 56.7 Å². The molecule has 216 valence electrons. The Morgan fingerprint density at radius 3 is 2.67 bits per heavy atom. The maximum absolute atomic E-state index is 14.7. The van der Waals surface area contributed by atoms with E-state index in [0.717, 1.165) is 80.6 Å². The molecule has 4 heterocycles. The van der Waals surface area contributed by atoms with Crippen molar-refractivity contribution >= 4 is 27.5 Å². The molecule has 4 aromatic heterocycles. The van der Waals surface area contributed by atoms with Gasteiger partial charge in [-0.05, 0) is 107 Å². The second-order valence-corrected chi connectivity index (χ2v) is 11.1. The smallest absolute Gasteiger partial charge is 0.181 e. The zero-order valence-electron chi connectivity index (χ0n) is 24.9. The number of hydrogen-bond donors (Lipinski definition) is 3. The minimum absolute atomic E-state index is 0.240. The first-order chi connectivity index (χ1) is 20.2.